The van der Waals surface area contributed by atoms with E-state index in [2.05, 4.69) is 11.1 Å². The molecule has 1 aliphatic carbocycles. The number of thioether (sulfide) groups is 1. The molecule has 3 heterocycles. The van der Waals surface area contributed by atoms with Crippen molar-refractivity contribution in [1.29, 1.82) is 0 Å². The van der Waals surface area contributed by atoms with E-state index in [1.165, 1.54) is 5.56 Å². The van der Waals surface area contributed by atoms with Crippen LogP contribution in [0.3, 0.4) is 0 Å². The highest BCUT2D eigenvalue weighted by Crippen LogP contribution is 2.35. The van der Waals surface area contributed by atoms with Crippen LogP contribution in [0.5, 0.6) is 0 Å². The van der Waals surface area contributed by atoms with Gasteiger partial charge in [-0.3, -0.25) is 14.2 Å². The Morgan fingerprint density at radius 3 is 3.04 bits per heavy atom. The Labute approximate surface area is 150 Å². The van der Waals surface area contributed by atoms with Crippen LogP contribution in [0.25, 0.3) is 0 Å². The van der Waals surface area contributed by atoms with Crippen molar-refractivity contribution in [3.05, 3.63) is 51.4 Å². The first kappa shape index (κ1) is 15.2. The number of rotatable bonds is 2. The molecular formula is C19H19N3O2S. The summed E-state index contributed by atoms with van der Waals surface area (Å²) in [4.78, 5) is 32.3. The van der Waals surface area contributed by atoms with Crippen molar-refractivity contribution in [2.24, 2.45) is 0 Å². The molecule has 6 heteroatoms. The van der Waals surface area contributed by atoms with E-state index >= 15 is 0 Å². The number of carbonyl (C=O) groups excluding carboxylic acids is 1. The summed E-state index contributed by atoms with van der Waals surface area (Å²) in [5.74, 6) is 0.864. The first-order valence-corrected chi connectivity index (χ1v) is 9.86. The van der Waals surface area contributed by atoms with Crippen molar-refractivity contribution >= 4 is 23.4 Å². The molecule has 128 valence electrons. The minimum absolute atomic E-state index is 0.0776. The van der Waals surface area contributed by atoms with E-state index in [4.69, 9.17) is 0 Å². The highest BCUT2D eigenvalue weighted by molar-refractivity contribution is 7.99. The fourth-order valence-electron chi connectivity index (χ4n) is 4.21. The van der Waals surface area contributed by atoms with Crippen LogP contribution >= 0.6 is 11.8 Å². The van der Waals surface area contributed by atoms with Gasteiger partial charge in [0.25, 0.3) is 5.56 Å². The second kappa shape index (κ2) is 5.73. The molecule has 1 aromatic heterocycles. The maximum atomic E-state index is 12.9. The summed E-state index contributed by atoms with van der Waals surface area (Å²) in [6.45, 7) is 0.738. The number of aromatic nitrogens is 2. The van der Waals surface area contributed by atoms with Crippen LogP contribution < -0.4 is 10.5 Å². The van der Waals surface area contributed by atoms with Gasteiger partial charge in [-0.2, -0.15) is 0 Å². The maximum Gasteiger partial charge on any atom is 0.257 e. The summed E-state index contributed by atoms with van der Waals surface area (Å²) in [5.41, 5.74) is 4.19. The van der Waals surface area contributed by atoms with E-state index in [-0.39, 0.29) is 17.5 Å². The number of hydrogen-bond acceptors (Lipinski definition) is 4. The first-order chi connectivity index (χ1) is 12.2. The lowest BCUT2D eigenvalue weighted by Gasteiger charge is -2.20. The van der Waals surface area contributed by atoms with E-state index in [0.29, 0.717) is 6.42 Å². The molecule has 1 amide bonds. The van der Waals surface area contributed by atoms with Gasteiger partial charge < -0.3 is 4.90 Å². The zero-order chi connectivity index (χ0) is 17.0. The Balaban J connectivity index is 1.43. The molecule has 5 rings (SSSR count). The summed E-state index contributed by atoms with van der Waals surface area (Å²) in [7, 11) is 0. The summed E-state index contributed by atoms with van der Waals surface area (Å²) in [6, 6.07) is 8.01. The average Bonchev–Trinajstić information content (AvgIpc) is 3.33. The molecule has 0 N–H and O–H groups in total. The number of benzene rings is 1. The molecular weight excluding hydrogens is 334 g/mol. The van der Waals surface area contributed by atoms with Gasteiger partial charge >= 0.3 is 0 Å². The van der Waals surface area contributed by atoms with E-state index < -0.39 is 0 Å². The average molecular weight is 353 g/mol. The van der Waals surface area contributed by atoms with Crippen molar-refractivity contribution in [1.82, 2.24) is 9.55 Å². The molecule has 0 radical (unpaired) electrons. The lowest BCUT2D eigenvalue weighted by molar-refractivity contribution is -0.119. The summed E-state index contributed by atoms with van der Waals surface area (Å²) in [6.07, 6.45) is 4.03. The van der Waals surface area contributed by atoms with E-state index in [9.17, 15) is 9.59 Å². The minimum Gasteiger partial charge on any atom is -0.312 e. The molecule has 0 saturated carbocycles. The molecule has 0 saturated heterocycles. The third kappa shape index (κ3) is 2.34. The van der Waals surface area contributed by atoms with E-state index in [0.717, 1.165) is 60.1 Å². The van der Waals surface area contributed by atoms with Gasteiger partial charge in [-0.25, -0.2) is 4.98 Å². The summed E-state index contributed by atoms with van der Waals surface area (Å²) >= 11 is 1.61. The Morgan fingerprint density at radius 1 is 1.24 bits per heavy atom. The van der Waals surface area contributed by atoms with Gasteiger partial charge in [0, 0.05) is 30.0 Å². The second-order valence-electron chi connectivity index (χ2n) is 6.94. The molecule has 1 unspecified atom stereocenters. The quantitative estimate of drug-likeness (QED) is 0.778. The maximum absolute atomic E-state index is 12.9. The predicted molar refractivity (Wildman–Crippen MR) is 97.4 cm³/mol. The van der Waals surface area contributed by atoms with Gasteiger partial charge in [0.15, 0.2) is 5.16 Å². The van der Waals surface area contributed by atoms with Gasteiger partial charge in [0.1, 0.15) is 0 Å². The molecule has 1 atom stereocenters. The van der Waals surface area contributed by atoms with Crippen molar-refractivity contribution in [2.45, 2.75) is 43.3 Å². The van der Waals surface area contributed by atoms with Gasteiger partial charge in [0.05, 0.1) is 11.7 Å². The number of hydrogen-bond donors (Lipinski definition) is 0. The van der Waals surface area contributed by atoms with Gasteiger partial charge in [0.2, 0.25) is 5.91 Å². The molecule has 0 spiro atoms. The number of nitrogens with zero attached hydrogens (tertiary/aromatic N) is 3. The third-order valence-electron chi connectivity index (χ3n) is 5.47. The van der Waals surface area contributed by atoms with Crippen LogP contribution in [0.2, 0.25) is 0 Å². The first-order valence-electron chi connectivity index (χ1n) is 8.88. The van der Waals surface area contributed by atoms with Crippen molar-refractivity contribution < 1.29 is 4.79 Å². The van der Waals surface area contributed by atoms with Crippen molar-refractivity contribution in [3.63, 3.8) is 0 Å². The molecule has 3 aliphatic rings. The Bertz CT molecular complexity index is 937. The molecule has 5 nitrogen and oxygen atoms in total. The topological polar surface area (TPSA) is 55.2 Å². The Hall–Kier alpha value is -2.08. The highest BCUT2D eigenvalue weighted by atomic mass is 32.2. The monoisotopic (exact) mass is 353 g/mol. The smallest absolute Gasteiger partial charge is 0.257 e. The van der Waals surface area contributed by atoms with Crippen LogP contribution in [0.1, 0.15) is 35.7 Å². The van der Waals surface area contributed by atoms with Crippen LogP contribution in [0, 0.1) is 0 Å². The summed E-state index contributed by atoms with van der Waals surface area (Å²) in [5, 5.41) is 0.797. The van der Waals surface area contributed by atoms with Gasteiger partial charge in [-0.05, 0) is 37.3 Å². The van der Waals surface area contributed by atoms with E-state index in [1.54, 1.807) is 16.3 Å². The Morgan fingerprint density at radius 2 is 2.12 bits per heavy atom. The van der Waals surface area contributed by atoms with Crippen LogP contribution in [-0.2, 0) is 24.1 Å². The second-order valence-corrected chi connectivity index (χ2v) is 7.93. The number of anilines is 1. The molecule has 2 aromatic rings. The number of para-hydroxylation sites is 1. The number of aryl methyl sites for hydroxylation is 1. The zero-order valence-electron chi connectivity index (χ0n) is 13.9. The fourth-order valence-corrected chi connectivity index (χ4v) is 5.37. The molecule has 0 fully saturated rings. The Kier molecular flexibility index (Phi) is 3.48. The normalized spacial score (nSPS) is 20.5. The fraction of sp³-hybridized carbons (Fsp3) is 0.421. The highest BCUT2D eigenvalue weighted by Gasteiger charge is 2.33. The number of fused-ring (bicyclic) bond motifs is 3. The molecule has 1 aromatic carbocycles. The lowest BCUT2D eigenvalue weighted by Crippen LogP contribution is -2.34. The summed E-state index contributed by atoms with van der Waals surface area (Å²) < 4.78 is 1.79. The van der Waals surface area contributed by atoms with Gasteiger partial charge in [-0.15, -0.1) is 0 Å². The number of amides is 1. The minimum atomic E-state index is -0.0776. The lowest BCUT2D eigenvalue weighted by atomic mass is 10.1. The predicted octanol–water partition coefficient (Wildman–Crippen LogP) is 2.36. The van der Waals surface area contributed by atoms with Crippen LogP contribution in [-0.4, -0.2) is 27.8 Å². The van der Waals surface area contributed by atoms with Crippen molar-refractivity contribution in [2.75, 3.05) is 17.2 Å². The van der Waals surface area contributed by atoms with Crippen molar-refractivity contribution in [3.8, 4) is 0 Å². The standard InChI is InChI=1S/C19H19N3O2S/c23-17(21-9-8-12-4-1-2-7-16(12)21)10-13-11-25-19-20-15-6-3-5-14(15)18(24)22(13)19/h1-2,4,7,13H,3,5-6,8-11H2. The van der Waals surface area contributed by atoms with Gasteiger partial charge in [-0.1, -0.05) is 30.0 Å². The largest absolute Gasteiger partial charge is 0.312 e. The van der Waals surface area contributed by atoms with Crippen LogP contribution in [0.15, 0.2) is 34.2 Å². The molecule has 25 heavy (non-hydrogen) atoms. The zero-order valence-corrected chi connectivity index (χ0v) is 14.7. The molecule has 2 aliphatic heterocycles. The van der Waals surface area contributed by atoms with E-state index in [1.807, 2.05) is 23.1 Å². The number of carbonyl (C=O) groups is 1. The SMILES string of the molecule is O=C(CC1CSc2nc3c(c(=O)n21)CCC3)N1CCc2ccccc21. The van der Waals surface area contributed by atoms with Crippen LogP contribution in [0.4, 0.5) is 5.69 Å². The third-order valence-corrected chi connectivity index (χ3v) is 6.57. The molecule has 0 bridgehead atoms.